The standard InChI is InChI=1S/C20H29N5O3/c1-5-25-16-15(18(27)24-19(25)28)13(10-14(23-16)12(2)3)17(26)22-11-20(4)6-8-21-9-7-20/h10,12,21H,5-9,11H2,1-4H3,(H,22,26)(H,24,27,28). The van der Waals surface area contributed by atoms with E-state index in [1.165, 1.54) is 4.57 Å². The zero-order valence-corrected chi connectivity index (χ0v) is 17.0. The molecule has 3 rings (SSSR count). The van der Waals surface area contributed by atoms with Crippen molar-refractivity contribution in [1.29, 1.82) is 0 Å². The molecule has 0 aliphatic carbocycles. The maximum atomic E-state index is 13.1. The smallest absolute Gasteiger partial charge is 0.329 e. The van der Waals surface area contributed by atoms with E-state index in [2.05, 4.69) is 27.5 Å². The third-order valence-corrected chi connectivity index (χ3v) is 5.61. The van der Waals surface area contributed by atoms with Crippen LogP contribution in [0.4, 0.5) is 0 Å². The second kappa shape index (κ2) is 7.87. The summed E-state index contributed by atoms with van der Waals surface area (Å²) in [6.45, 7) is 10.7. The molecule has 1 amide bonds. The van der Waals surface area contributed by atoms with Crippen LogP contribution in [0.3, 0.4) is 0 Å². The van der Waals surface area contributed by atoms with E-state index < -0.39 is 11.2 Å². The quantitative estimate of drug-likeness (QED) is 0.718. The lowest BCUT2D eigenvalue weighted by Crippen LogP contribution is -2.43. The molecule has 0 bridgehead atoms. The number of carbonyl (C=O) groups is 1. The number of aryl methyl sites for hydroxylation is 1. The Kier molecular flexibility index (Phi) is 5.69. The summed E-state index contributed by atoms with van der Waals surface area (Å²) in [4.78, 5) is 44.6. The molecule has 3 N–H and O–H groups in total. The van der Waals surface area contributed by atoms with Crippen molar-refractivity contribution in [3.63, 3.8) is 0 Å². The molecule has 1 aliphatic heterocycles. The largest absolute Gasteiger partial charge is 0.351 e. The van der Waals surface area contributed by atoms with Gasteiger partial charge in [-0.3, -0.25) is 19.1 Å². The first-order valence-electron chi connectivity index (χ1n) is 9.92. The molecule has 3 heterocycles. The molecule has 152 valence electrons. The second-order valence-electron chi connectivity index (χ2n) is 8.19. The zero-order valence-electron chi connectivity index (χ0n) is 17.0. The van der Waals surface area contributed by atoms with Crippen molar-refractivity contribution < 1.29 is 4.79 Å². The molecule has 8 nitrogen and oxygen atoms in total. The van der Waals surface area contributed by atoms with E-state index in [0.29, 0.717) is 18.8 Å². The maximum absolute atomic E-state index is 13.1. The first-order chi connectivity index (χ1) is 13.3. The van der Waals surface area contributed by atoms with Gasteiger partial charge < -0.3 is 10.6 Å². The van der Waals surface area contributed by atoms with Crippen molar-refractivity contribution in [3.8, 4) is 0 Å². The van der Waals surface area contributed by atoms with Gasteiger partial charge in [0.15, 0.2) is 5.65 Å². The van der Waals surface area contributed by atoms with Gasteiger partial charge in [0.2, 0.25) is 0 Å². The molecule has 2 aromatic heterocycles. The van der Waals surface area contributed by atoms with Crippen molar-refractivity contribution in [2.24, 2.45) is 5.41 Å². The Balaban J connectivity index is 2.07. The number of aromatic nitrogens is 3. The average Bonchev–Trinajstić information content (AvgIpc) is 2.66. The van der Waals surface area contributed by atoms with E-state index in [1.54, 1.807) is 13.0 Å². The highest BCUT2D eigenvalue weighted by molar-refractivity contribution is 6.05. The van der Waals surface area contributed by atoms with E-state index in [9.17, 15) is 14.4 Å². The minimum absolute atomic E-state index is 0.0303. The van der Waals surface area contributed by atoms with Gasteiger partial charge >= 0.3 is 5.69 Å². The first kappa shape index (κ1) is 20.3. The SMILES string of the molecule is CCn1c(=O)[nH]c(=O)c2c(C(=O)NCC3(C)CCNCC3)cc(C(C)C)nc21. The number of amides is 1. The fourth-order valence-electron chi connectivity index (χ4n) is 3.66. The number of nitrogens with one attached hydrogen (secondary N) is 3. The summed E-state index contributed by atoms with van der Waals surface area (Å²) >= 11 is 0. The van der Waals surface area contributed by atoms with Gasteiger partial charge in [0, 0.05) is 18.8 Å². The fourth-order valence-corrected chi connectivity index (χ4v) is 3.66. The molecule has 1 aliphatic rings. The van der Waals surface area contributed by atoms with Gasteiger partial charge in [-0.05, 0) is 50.3 Å². The molecule has 1 saturated heterocycles. The van der Waals surface area contributed by atoms with Crippen molar-refractivity contribution in [2.45, 2.75) is 53.0 Å². The van der Waals surface area contributed by atoms with Gasteiger partial charge in [-0.15, -0.1) is 0 Å². The van der Waals surface area contributed by atoms with Crippen LogP contribution >= 0.6 is 0 Å². The fraction of sp³-hybridized carbons (Fsp3) is 0.600. The van der Waals surface area contributed by atoms with Gasteiger partial charge in [0.1, 0.15) is 0 Å². The number of H-pyrrole nitrogens is 1. The Hall–Kier alpha value is -2.48. The summed E-state index contributed by atoms with van der Waals surface area (Å²) in [5.41, 5.74) is 0.156. The lowest BCUT2D eigenvalue weighted by molar-refractivity contribution is 0.0923. The number of rotatable bonds is 5. The highest BCUT2D eigenvalue weighted by Gasteiger charge is 2.28. The number of nitrogens with zero attached hydrogens (tertiary/aromatic N) is 2. The van der Waals surface area contributed by atoms with Crippen LogP contribution in [0.5, 0.6) is 0 Å². The number of carbonyl (C=O) groups excluding carboxylic acids is 1. The monoisotopic (exact) mass is 387 g/mol. The van der Waals surface area contributed by atoms with Crippen molar-refractivity contribution >= 4 is 16.9 Å². The third kappa shape index (κ3) is 3.87. The van der Waals surface area contributed by atoms with Crippen LogP contribution in [-0.2, 0) is 6.54 Å². The molecule has 0 radical (unpaired) electrons. The van der Waals surface area contributed by atoms with Gasteiger partial charge in [-0.25, -0.2) is 9.78 Å². The molecule has 28 heavy (non-hydrogen) atoms. The molecular weight excluding hydrogens is 358 g/mol. The lowest BCUT2D eigenvalue weighted by Gasteiger charge is -2.34. The molecule has 0 atom stereocenters. The summed E-state index contributed by atoms with van der Waals surface area (Å²) in [6, 6.07) is 1.67. The summed E-state index contributed by atoms with van der Waals surface area (Å²) in [7, 11) is 0. The predicted octanol–water partition coefficient (Wildman–Crippen LogP) is 1.35. The van der Waals surface area contributed by atoms with E-state index in [0.717, 1.165) is 25.9 Å². The third-order valence-electron chi connectivity index (χ3n) is 5.61. The summed E-state index contributed by atoms with van der Waals surface area (Å²) < 4.78 is 1.40. The predicted molar refractivity (Wildman–Crippen MR) is 109 cm³/mol. The normalized spacial score (nSPS) is 16.5. The van der Waals surface area contributed by atoms with Crippen LogP contribution in [0.2, 0.25) is 0 Å². The number of hydrogen-bond acceptors (Lipinski definition) is 5. The highest BCUT2D eigenvalue weighted by atomic mass is 16.2. The van der Waals surface area contributed by atoms with Crippen LogP contribution in [0.15, 0.2) is 15.7 Å². The number of piperidine rings is 1. The minimum atomic E-state index is -0.578. The minimum Gasteiger partial charge on any atom is -0.351 e. The lowest BCUT2D eigenvalue weighted by atomic mass is 9.81. The molecule has 1 fully saturated rings. The molecule has 0 unspecified atom stereocenters. The van der Waals surface area contributed by atoms with Crippen LogP contribution < -0.4 is 21.9 Å². The Bertz CT molecular complexity index is 999. The number of hydrogen-bond donors (Lipinski definition) is 3. The Morgan fingerprint density at radius 3 is 2.61 bits per heavy atom. The van der Waals surface area contributed by atoms with E-state index in [1.807, 2.05) is 13.8 Å². The van der Waals surface area contributed by atoms with Gasteiger partial charge in [-0.2, -0.15) is 0 Å². The highest BCUT2D eigenvalue weighted by Crippen LogP contribution is 2.27. The van der Waals surface area contributed by atoms with Crippen molar-refractivity contribution in [3.05, 3.63) is 38.2 Å². The Morgan fingerprint density at radius 2 is 2.00 bits per heavy atom. The zero-order chi connectivity index (χ0) is 20.5. The first-order valence-corrected chi connectivity index (χ1v) is 9.92. The molecule has 0 spiro atoms. The molecule has 0 saturated carbocycles. The van der Waals surface area contributed by atoms with E-state index in [-0.39, 0.29) is 33.8 Å². The second-order valence-corrected chi connectivity index (χ2v) is 8.19. The van der Waals surface area contributed by atoms with Crippen LogP contribution in [0.1, 0.15) is 62.5 Å². The van der Waals surface area contributed by atoms with E-state index in [4.69, 9.17) is 0 Å². The van der Waals surface area contributed by atoms with Gasteiger partial charge in [0.25, 0.3) is 11.5 Å². The van der Waals surface area contributed by atoms with E-state index >= 15 is 0 Å². The van der Waals surface area contributed by atoms with Crippen molar-refractivity contribution in [2.75, 3.05) is 19.6 Å². The summed E-state index contributed by atoms with van der Waals surface area (Å²) in [5.74, 6) is -0.251. The van der Waals surface area contributed by atoms with Crippen molar-refractivity contribution in [1.82, 2.24) is 25.2 Å². The topological polar surface area (TPSA) is 109 Å². The number of pyridine rings is 1. The molecule has 2 aromatic rings. The summed E-state index contributed by atoms with van der Waals surface area (Å²) in [6.07, 6.45) is 1.97. The van der Waals surface area contributed by atoms with Gasteiger partial charge in [0.05, 0.1) is 10.9 Å². The summed E-state index contributed by atoms with van der Waals surface area (Å²) in [5, 5.41) is 6.51. The molecular formula is C20H29N5O3. The van der Waals surface area contributed by atoms with Crippen LogP contribution in [0, 0.1) is 5.41 Å². The van der Waals surface area contributed by atoms with Gasteiger partial charge in [-0.1, -0.05) is 20.8 Å². The average molecular weight is 387 g/mol. The number of aromatic amines is 1. The Labute approximate surface area is 163 Å². The molecule has 8 heteroatoms. The number of fused-ring (bicyclic) bond motifs is 1. The molecule has 0 aromatic carbocycles. The van der Waals surface area contributed by atoms with Crippen LogP contribution in [0.25, 0.3) is 11.0 Å². The Morgan fingerprint density at radius 1 is 1.32 bits per heavy atom. The maximum Gasteiger partial charge on any atom is 0.329 e. The van der Waals surface area contributed by atoms with Crippen LogP contribution in [-0.4, -0.2) is 40.1 Å².